The molecule has 0 aliphatic rings. The fraction of sp³-hybridized carbons (Fsp3) is 0.455. The largest absolute Gasteiger partial charge is 0.389 e. The third kappa shape index (κ3) is 7.65. The Morgan fingerprint density at radius 1 is 0.962 bits per heavy atom. The first-order chi connectivity index (χ1) is 12.2. The van der Waals surface area contributed by atoms with Crippen LogP contribution in [0.2, 0.25) is 0 Å². The number of aliphatic hydroxyl groups excluding tert-OH is 1. The van der Waals surface area contributed by atoms with Crippen LogP contribution in [-0.2, 0) is 17.8 Å². The van der Waals surface area contributed by atoms with Gasteiger partial charge >= 0.3 is 0 Å². The fourth-order valence-electron chi connectivity index (χ4n) is 2.68. The summed E-state index contributed by atoms with van der Waals surface area (Å²) >= 11 is 0. The molecule has 0 heterocycles. The predicted molar refractivity (Wildman–Crippen MR) is 103 cm³/mol. The number of rotatable bonds is 8. The summed E-state index contributed by atoms with van der Waals surface area (Å²) in [6.07, 6.45) is -0.583. The molecule has 0 saturated heterocycles. The Balaban J connectivity index is 2.04. The molecule has 142 valence electrons. The van der Waals surface area contributed by atoms with Gasteiger partial charge in [0.05, 0.1) is 18.3 Å². The lowest BCUT2D eigenvalue weighted by molar-refractivity contribution is -0.0572. The van der Waals surface area contributed by atoms with Gasteiger partial charge in [-0.3, -0.25) is 4.90 Å². The second kappa shape index (κ2) is 9.26. The van der Waals surface area contributed by atoms with E-state index < -0.39 is 6.10 Å². The first-order valence-electron chi connectivity index (χ1n) is 9.06. The van der Waals surface area contributed by atoms with Crippen molar-refractivity contribution < 1.29 is 14.2 Å². The van der Waals surface area contributed by atoms with Crippen LogP contribution >= 0.6 is 0 Å². The van der Waals surface area contributed by atoms with Crippen LogP contribution in [0.15, 0.2) is 48.5 Å². The molecule has 0 bridgehead atoms. The van der Waals surface area contributed by atoms with Crippen LogP contribution in [-0.4, -0.2) is 34.9 Å². The highest BCUT2D eigenvalue weighted by Gasteiger charge is 2.17. The van der Waals surface area contributed by atoms with Gasteiger partial charge in [0, 0.05) is 19.6 Å². The van der Waals surface area contributed by atoms with E-state index in [0.29, 0.717) is 19.6 Å². The maximum Gasteiger partial charge on any atom is 0.123 e. The van der Waals surface area contributed by atoms with Crippen molar-refractivity contribution in [1.82, 2.24) is 4.90 Å². The van der Waals surface area contributed by atoms with E-state index in [-0.39, 0.29) is 18.0 Å². The minimum atomic E-state index is -0.583. The Morgan fingerprint density at radius 3 is 1.96 bits per heavy atom. The van der Waals surface area contributed by atoms with E-state index in [9.17, 15) is 9.50 Å². The first-order valence-corrected chi connectivity index (χ1v) is 9.06. The van der Waals surface area contributed by atoms with Gasteiger partial charge in [0.15, 0.2) is 0 Å². The van der Waals surface area contributed by atoms with Crippen molar-refractivity contribution >= 4 is 0 Å². The van der Waals surface area contributed by atoms with Crippen molar-refractivity contribution in [2.45, 2.75) is 52.5 Å². The average molecular weight is 359 g/mol. The van der Waals surface area contributed by atoms with Gasteiger partial charge in [-0.25, -0.2) is 4.39 Å². The highest BCUT2D eigenvalue weighted by Crippen LogP contribution is 2.14. The quantitative estimate of drug-likeness (QED) is 0.762. The summed E-state index contributed by atoms with van der Waals surface area (Å²) in [4.78, 5) is 2.16. The van der Waals surface area contributed by atoms with Crippen LogP contribution in [0.3, 0.4) is 0 Å². The van der Waals surface area contributed by atoms with Crippen LogP contribution in [0.4, 0.5) is 4.39 Å². The van der Waals surface area contributed by atoms with Gasteiger partial charge < -0.3 is 9.84 Å². The lowest BCUT2D eigenvalue weighted by atomic mass is 10.1. The second-order valence-electron chi connectivity index (χ2n) is 7.86. The number of ether oxygens (including phenoxy) is 1. The summed E-state index contributed by atoms with van der Waals surface area (Å²) in [5.41, 5.74) is 3.14. The van der Waals surface area contributed by atoms with Crippen molar-refractivity contribution in [1.29, 1.82) is 0 Å². The first kappa shape index (κ1) is 20.6. The van der Waals surface area contributed by atoms with E-state index in [4.69, 9.17) is 4.74 Å². The molecule has 2 aromatic rings. The van der Waals surface area contributed by atoms with E-state index in [2.05, 4.69) is 36.1 Å². The van der Waals surface area contributed by atoms with Crippen LogP contribution in [0.1, 0.15) is 37.5 Å². The minimum Gasteiger partial charge on any atom is -0.389 e. The van der Waals surface area contributed by atoms with Crippen molar-refractivity contribution in [2.75, 3.05) is 13.2 Å². The smallest absolute Gasteiger partial charge is 0.123 e. The molecule has 4 heteroatoms. The molecule has 0 unspecified atom stereocenters. The van der Waals surface area contributed by atoms with Gasteiger partial charge in [-0.1, -0.05) is 42.0 Å². The van der Waals surface area contributed by atoms with Crippen LogP contribution in [0.25, 0.3) is 0 Å². The molecule has 2 aromatic carbocycles. The molecule has 0 saturated carbocycles. The van der Waals surface area contributed by atoms with E-state index in [0.717, 1.165) is 5.56 Å². The highest BCUT2D eigenvalue weighted by molar-refractivity contribution is 5.22. The van der Waals surface area contributed by atoms with Crippen LogP contribution in [0, 0.1) is 12.7 Å². The Morgan fingerprint density at radius 2 is 1.46 bits per heavy atom. The molecule has 0 aliphatic heterocycles. The maximum absolute atomic E-state index is 13.2. The van der Waals surface area contributed by atoms with Crippen molar-refractivity contribution in [3.63, 3.8) is 0 Å². The number of hydrogen-bond acceptors (Lipinski definition) is 3. The Labute approximate surface area is 156 Å². The number of halogens is 1. The maximum atomic E-state index is 13.2. The summed E-state index contributed by atoms with van der Waals surface area (Å²) in [7, 11) is 0. The SMILES string of the molecule is Cc1ccc(CN(Cc2ccc(F)cc2)C[C@H](O)COC(C)(C)C)cc1. The topological polar surface area (TPSA) is 32.7 Å². The molecule has 0 spiro atoms. The van der Waals surface area contributed by atoms with Gasteiger partial charge in [-0.15, -0.1) is 0 Å². The number of nitrogens with zero attached hydrogens (tertiary/aromatic N) is 1. The molecule has 0 aromatic heterocycles. The molecule has 0 amide bonds. The molecular weight excluding hydrogens is 329 g/mol. The third-order valence-electron chi connectivity index (χ3n) is 4.02. The summed E-state index contributed by atoms with van der Waals surface area (Å²) in [5, 5.41) is 10.4. The molecule has 26 heavy (non-hydrogen) atoms. The zero-order valence-corrected chi connectivity index (χ0v) is 16.2. The second-order valence-corrected chi connectivity index (χ2v) is 7.86. The van der Waals surface area contributed by atoms with Crippen LogP contribution in [0.5, 0.6) is 0 Å². The van der Waals surface area contributed by atoms with Crippen LogP contribution < -0.4 is 0 Å². The van der Waals surface area contributed by atoms with Gasteiger partial charge in [0.1, 0.15) is 5.82 Å². The van der Waals surface area contributed by atoms with Gasteiger partial charge in [0.2, 0.25) is 0 Å². The Bertz CT molecular complexity index is 615. The molecule has 0 radical (unpaired) electrons. The Hall–Kier alpha value is -1.75. The zero-order chi connectivity index (χ0) is 19.2. The predicted octanol–water partition coefficient (Wildman–Crippen LogP) is 4.31. The third-order valence-corrected chi connectivity index (χ3v) is 4.02. The van der Waals surface area contributed by atoms with Gasteiger partial charge in [-0.2, -0.15) is 0 Å². The monoisotopic (exact) mass is 359 g/mol. The molecule has 0 aliphatic carbocycles. The molecule has 1 N–H and O–H groups in total. The summed E-state index contributed by atoms with van der Waals surface area (Å²) in [6, 6.07) is 14.9. The number of aryl methyl sites for hydroxylation is 1. The summed E-state index contributed by atoms with van der Waals surface area (Å²) in [6.45, 7) is 10.1. The van der Waals surface area contributed by atoms with Crippen molar-refractivity contribution in [3.05, 3.63) is 71.0 Å². The number of benzene rings is 2. The molecular formula is C22H30FNO2. The molecule has 1 atom stereocenters. The Kier molecular flexibility index (Phi) is 7.33. The lowest BCUT2D eigenvalue weighted by Gasteiger charge is -2.27. The van der Waals surface area contributed by atoms with E-state index in [1.165, 1.54) is 23.3 Å². The van der Waals surface area contributed by atoms with Crippen molar-refractivity contribution in [2.24, 2.45) is 0 Å². The normalized spacial score (nSPS) is 13.2. The standard InChI is InChI=1S/C22H30FNO2/c1-17-5-7-18(8-6-17)13-24(14-19-9-11-20(23)12-10-19)15-21(25)16-26-22(2,3)4/h5-12,21,25H,13-16H2,1-4H3/t21-/m0/s1. The number of hydrogen-bond donors (Lipinski definition) is 1. The minimum absolute atomic E-state index is 0.238. The van der Waals surface area contributed by atoms with E-state index >= 15 is 0 Å². The van der Waals surface area contributed by atoms with Gasteiger partial charge in [0.25, 0.3) is 0 Å². The number of aliphatic hydroxyl groups is 1. The fourth-order valence-corrected chi connectivity index (χ4v) is 2.68. The molecule has 2 rings (SSSR count). The van der Waals surface area contributed by atoms with Crippen molar-refractivity contribution in [3.8, 4) is 0 Å². The molecule has 3 nitrogen and oxygen atoms in total. The zero-order valence-electron chi connectivity index (χ0n) is 16.2. The lowest BCUT2D eigenvalue weighted by Crippen LogP contribution is -2.36. The summed E-state index contributed by atoms with van der Waals surface area (Å²) in [5.74, 6) is -0.238. The highest BCUT2D eigenvalue weighted by atomic mass is 19.1. The van der Waals surface area contributed by atoms with E-state index in [1.54, 1.807) is 12.1 Å². The molecule has 0 fully saturated rings. The average Bonchev–Trinajstić information content (AvgIpc) is 2.56. The van der Waals surface area contributed by atoms with E-state index in [1.807, 2.05) is 20.8 Å². The summed E-state index contributed by atoms with van der Waals surface area (Å²) < 4.78 is 18.9. The van der Waals surface area contributed by atoms with Gasteiger partial charge in [-0.05, 0) is 51.0 Å².